The molecule has 0 aromatic heterocycles. The largest absolute Gasteiger partial charge is 0.385 e. The molecule has 1 aliphatic carbocycles. The molecule has 0 radical (unpaired) electrons. The maximum atomic E-state index is 5.81. The van der Waals surface area contributed by atoms with Crippen molar-refractivity contribution in [2.75, 3.05) is 20.3 Å². The number of allylic oxidation sites excluding steroid dienone is 1. The van der Waals surface area contributed by atoms with E-state index in [0.29, 0.717) is 12.0 Å². The van der Waals surface area contributed by atoms with Crippen molar-refractivity contribution in [2.24, 2.45) is 5.92 Å². The van der Waals surface area contributed by atoms with Crippen LogP contribution in [0.5, 0.6) is 0 Å². The Labute approximate surface area is 87.3 Å². The lowest BCUT2D eigenvalue weighted by Crippen LogP contribution is -2.20. The van der Waals surface area contributed by atoms with Gasteiger partial charge in [-0.1, -0.05) is 25.5 Å². The van der Waals surface area contributed by atoms with E-state index in [9.17, 15) is 0 Å². The lowest BCUT2D eigenvalue weighted by Gasteiger charge is -2.19. The zero-order valence-corrected chi connectivity index (χ0v) is 9.37. The number of hydrogen-bond acceptors (Lipinski definition) is 2. The molecule has 2 atom stereocenters. The molecule has 0 bridgehead atoms. The minimum Gasteiger partial charge on any atom is -0.385 e. The Morgan fingerprint density at radius 1 is 1.36 bits per heavy atom. The highest BCUT2D eigenvalue weighted by molar-refractivity contribution is 5.02. The average Bonchev–Trinajstić information content (AvgIpc) is 2.63. The van der Waals surface area contributed by atoms with Crippen molar-refractivity contribution < 1.29 is 9.47 Å². The maximum absolute atomic E-state index is 5.81. The molecule has 0 fully saturated rings. The minimum absolute atomic E-state index is 0.344. The van der Waals surface area contributed by atoms with E-state index in [4.69, 9.17) is 9.47 Å². The molecule has 14 heavy (non-hydrogen) atoms. The first kappa shape index (κ1) is 11.7. The van der Waals surface area contributed by atoms with Gasteiger partial charge in [-0.15, -0.1) is 0 Å². The average molecular weight is 198 g/mol. The number of ether oxygens (including phenoxy) is 2. The van der Waals surface area contributed by atoms with Crippen molar-refractivity contribution in [3.05, 3.63) is 12.2 Å². The van der Waals surface area contributed by atoms with Gasteiger partial charge in [0.1, 0.15) is 0 Å². The molecule has 0 amide bonds. The van der Waals surface area contributed by atoms with Gasteiger partial charge in [-0.05, 0) is 25.2 Å². The van der Waals surface area contributed by atoms with Gasteiger partial charge in [0, 0.05) is 20.3 Å². The quantitative estimate of drug-likeness (QED) is 0.462. The van der Waals surface area contributed by atoms with Crippen LogP contribution in [-0.4, -0.2) is 26.4 Å². The van der Waals surface area contributed by atoms with Crippen molar-refractivity contribution in [1.29, 1.82) is 0 Å². The summed E-state index contributed by atoms with van der Waals surface area (Å²) >= 11 is 0. The molecule has 0 N–H and O–H groups in total. The summed E-state index contributed by atoms with van der Waals surface area (Å²) in [5.41, 5.74) is 0. The van der Waals surface area contributed by atoms with Gasteiger partial charge in [-0.2, -0.15) is 0 Å². The van der Waals surface area contributed by atoms with Crippen LogP contribution in [0.3, 0.4) is 0 Å². The second kappa shape index (κ2) is 7.02. The fraction of sp³-hybridized carbons (Fsp3) is 0.833. The standard InChI is InChI=1S/C12H22O2/c1-3-4-9-14-12-7-5-6-11(12)8-10-13-2/h5,7,11-12H,3-4,6,8-10H2,1-2H3/t11-,12-/m0/s1. The van der Waals surface area contributed by atoms with Gasteiger partial charge < -0.3 is 9.47 Å². The van der Waals surface area contributed by atoms with E-state index in [0.717, 1.165) is 26.1 Å². The highest BCUT2D eigenvalue weighted by Gasteiger charge is 2.22. The summed E-state index contributed by atoms with van der Waals surface area (Å²) in [6.07, 6.45) is 9.42. The normalized spacial score (nSPS) is 25.9. The summed E-state index contributed by atoms with van der Waals surface area (Å²) in [5, 5.41) is 0. The van der Waals surface area contributed by atoms with Crippen LogP contribution >= 0.6 is 0 Å². The molecule has 0 spiro atoms. The fourth-order valence-corrected chi connectivity index (χ4v) is 1.79. The maximum Gasteiger partial charge on any atom is 0.0787 e. The van der Waals surface area contributed by atoms with Crippen LogP contribution in [0.1, 0.15) is 32.6 Å². The third-order valence-electron chi connectivity index (χ3n) is 2.73. The molecule has 2 heteroatoms. The van der Waals surface area contributed by atoms with Crippen LogP contribution < -0.4 is 0 Å². The fourth-order valence-electron chi connectivity index (χ4n) is 1.79. The van der Waals surface area contributed by atoms with E-state index >= 15 is 0 Å². The number of unbranched alkanes of at least 4 members (excludes halogenated alkanes) is 1. The molecule has 0 saturated heterocycles. The van der Waals surface area contributed by atoms with Crippen molar-refractivity contribution >= 4 is 0 Å². The third kappa shape index (κ3) is 3.81. The molecule has 0 saturated carbocycles. The predicted molar refractivity (Wildman–Crippen MR) is 58.4 cm³/mol. The second-order valence-electron chi connectivity index (χ2n) is 3.89. The summed E-state index contributed by atoms with van der Waals surface area (Å²) in [7, 11) is 1.76. The molecule has 2 nitrogen and oxygen atoms in total. The van der Waals surface area contributed by atoms with Gasteiger partial charge in [-0.3, -0.25) is 0 Å². The Kier molecular flexibility index (Phi) is 5.88. The summed E-state index contributed by atoms with van der Waals surface area (Å²) < 4.78 is 10.9. The van der Waals surface area contributed by atoms with Crippen LogP contribution in [0, 0.1) is 5.92 Å². The molecule has 82 valence electrons. The summed E-state index contributed by atoms with van der Waals surface area (Å²) in [6.45, 7) is 3.94. The first-order valence-corrected chi connectivity index (χ1v) is 5.65. The Bertz CT molecular complexity index is 166. The van der Waals surface area contributed by atoms with Crippen LogP contribution in [0.25, 0.3) is 0 Å². The van der Waals surface area contributed by atoms with E-state index in [1.807, 2.05) is 0 Å². The van der Waals surface area contributed by atoms with Crippen molar-refractivity contribution in [2.45, 2.75) is 38.7 Å². The molecule has 0 aromatic carbocycles. The number of rotatable bonds is 7. The first-order chi connectivity index (χ1) is 6.88. The minimum atomic E-state index is 0.344. The first-order valence-electron chi connectivity index (χ1n) is 5.65. The van der Waals surface area contributed by atoms with E-state index in [1.54, 1.807) is 7.11 Å². The highest BCUT2D eigenvalue weighted by Crippen LogP contribution is 2.25. The van der Waals surface area contributed by atoms with Crippen LogP contribution in [0.15, 0.2) is 12.2 Å². The third-order valence-corrected chi connectivity index (χ3v) is 2.73. The molecular weight excluding hydrogens is 176 g/mol. The molecule has 1 aliphatic rings. The zero-order chi connectivity index (χ0) is 10.2. The monoisotopic (exact) mass is 198 g/mol. The number of hydrogen-bond donors (Lipinski definition) is 0. The van der Waals surface area contributed by atoms with Crippen molar-refractivity contribution in [3.63, 3.8) is 0 Å². The Hall–Kier alpha value is -0.340. The Morgan fingerprint density at radius 2 is 2.21 bits per heavy atom. The van der Waals surface area contributed by atoms with Crippen LogP contribution in [0.4, 0.5) is 0 Å². The topological polar surface area (TPSA) is 18.5 Å². The predicted octanol–water partition coefficient (Wildman–Crippen LogP) is 2.78. The lowest BCUT2D eigenvalue weighted by atomic mass is 10.0. The Balaban J connectivity index is 2.17. The van der Waals surface area contributed by atoms with Crippen molar-refractivity contribution in [1.82, 2.24) is 0 Å². The van der Waals surface area contributed by atoms with Gasteiger partial charge in [-0.25, -0.2) is 0 Å². The van der Waals surface area contributed by atoms with Gasteiger partial charge in [0.05, 0.1) is 6.10 Å². The van der Waals surface area contributed by atoms with Gasteiger partial charge in [0.25, 0.3) is 0 Å². The van der Waals surface area contributed by atoms with Gasteiger partial charge in [0.2, 0.25) is 0 Å². The number of methoxy groups -OCH3 is 1. The highest BCUT2D eigenvalue weighted by atomic mass is 16.5. The van der Waals surface area contributed by atoms with E-state index in [2.05, 4.69) is 19.1 Å². The molecular formula is C12H22O2. The van der Waals surface area contributed by atoms with Gasteiger partial charge in [0.15, 0.2) is 0 Å². The Morgan fingerprint density at radius 3 is 2.93 bits per heavy atom. The molecule has 0 aromatic rings. The molecule has 0 aliphatic heterocycles. The molecule has 0 unspecified atom stereocenters. The SMILES string of the molecule is CCCCO[C@H]1C=CC[C@H]1CCOC. The van der Waals surface area contributed by atoms with Crippen LogP contribution in [-0.2, 0) is 9.47 Å². The summed E-state index contributed by atoms with van der Waals surface area (Å²) in [5.74, 6) is 0.645. The van der Waals surface area contributed by atoms with E-state index < -0.39 is 0 Å². The van der Waals surface area contributed by atoms with Crippen LogP contribution in [0.2, 0.25) is 0 Å². The van der Waals surface area contributed by atoms with E-state index in [1.165, 1.54) is 12.8 Å². The molecule has 1 rings (SSSR count). The molecule has 0 heterocycles. The van der Waals surface area contributed by atoms with E-state index in [-0.39, 0.29) is 0 Å². The summed E-state index contributed by atoms with van der Waals surface area (Å²) in [4.78, 5) is 0. The van der Waals surface area contributed by atoms with Crippen molar-refractivity contribution in [3.8, 4) is 0 Å². The second-order valence-corrected chi connectivity index (χ2v) is 3.89. The summed E-state index contributed by atoms with van der Waals surface area (Å²) in [6, 6.07) is 0. The lowest BCUT2D eigenvalue weighted by molar-refractivity contribution is 0.0387. The van der Waals surface area contributed by atoms with Gasteiger partial charge >= 0.3 is 0 Å². The zero-order valence-electron chi connectivity index (χ0n) is 9.37. The smallest absolute Gasteiger partial charge is 0.0787 e.